The monoisotopic (exact) mass is 168 g/mol. The average Bonchev–Trinajstić information content (AvgIpc) is 2.31. The summed E-state index contributed by atoms with van der Waals surface area (Å²) in [6.07, 6.45) is 3.15. The molecule has 0 saturated carbocycles. The molecule has 4 nitrogen and oxygen atoms in total. The van der Waals surface area contributed by atoms with Crippen molar-refractivity contribution >= 4 is 17.2 Å². The lowest BCUT2D eigenvalue weighted by molar-refractivity contribution is 0.921. The van der Waals surface area contributed by atoms with Crippen LogP contribution in [0.3, 0.4) is 0 Å². The van der Waals surface area contributed by atoms with E-state index in [-0.39, 0.29) is 0 Å². The van der Waals surface area contributed by atoms with E-state index in [1.165, 1.54) is 6.20 Å². The molecular formula is C6H5ClN4. The number of nitrogens with zero attached hydrogens (tertiary/aromatic N) is 4. The summed E-state index contributed by atoms with van der Waals surface area (Å²) in [6, 6.07) is 0. The van der Waals surface area contributed by atoms with Gasteiger partial charge < -0.3 is 0 Å². The van der Waals surface area contributed by atoms with Crippen LogP contribution in [0.1, 0.15) is 5.82 Å². The summed E-state index contributed by atoms with van der Waals surface area (Å²) in [7, 11) is 0. The standard InChI is InChI=1S/C6H5ClN4/c1-4-9-6-3-8-2-5(7)11(6)10-4/h2-3H,1H3. The van der Waals surface area contributed by atoms with Gasteiger partial charge in [-0.15, -0.1) is 0 Å². The second-order valence-electron chi connectivity index (χ2n) is 2.16. The Morgan fingerprint density at radius 1 is 1.45 bits per heavy atom. The van der Waals surface area contributed by atoms with Gasteiger partial charge in [0.05, 0.1) is 12.4 Å². The smallest absolute Gasteiger partial charge is 0.175 e. The van der Waals surface area contributed by atoms with E-state index in [1.54, 1.807) is 10.7 Å². The minimum atomic E-state index is 0.475. The van der Waals surface area contributed by atoms with Gasteiger partial charge in [-0.3, -0.25) is 4.98 Å². The van der Waals surface area contributed by atoms with Gasteiger partial charge in [0.2, 0.25) is 0 Å². The molecular weight excluding hydrogens is 164 g/mol. The van der Waals surface area contributed by atoms with E-state index in [0.29, 0.717) is 16.6 Å². The quantitative estimate of drug-likeness (QED) is 0.592. The highest BCUT2D eigenvalue weighted by molar-refractivity contribution is 6.29. The Morgan fingerprint density at radius 2 is 2.27 bits per heavy atom. The predicted molar refractivity (Wildman–Crippen MR) is 40.5 cm³/mol. The molecule has 0 radical (unpaired) electrons. The largest absolute Gasteiger partial charge is 0.258 e. The molecule has 11 heavy (non-hydrogen) atoms. The Balaban J connectivity index is 2.90. The second kappa shape index (κ2) is 2.17. The lowest BCUT2D eigenvalue weighted by Gasteiger charge is -1.90. The first-order valence-corrected chi connectivity index (χ1v) is 3.48. The molecule has 2 heterocycles. The first kappa shape index (κ1) is 6.54. The number of rotatable bonds is 0. The molecule has 0 N–H and O–H groups in total. The summed E-state index contributed by atoms with van der Waals surface area (Å²) in [5.74, 6) is 0.694. The molecule has 0 fully saturated rings. The fraction of sp³-hybridized carbons (Fsp3) is 0.167. The topological polar surface area (TPSA) is 43.1 Å². The lowest BCUT2D eigenvalue weighted by atomic mass is 10.7. The normalized spacial score (nSPS) is 10.7. The number of hydrogen-bond donors (Lipinski definition) is 0. The Kier molecular flexibility index (Phi) is 1.29. The van der Waals surface area contributed by atoms with E-state index in [4.69, 9.17) is 11.6 Å². The molecule has 0 amide bonds. The summed E-state index contributed by atoms with van der Waals surface area (Å²) in [5.41, 5.74) is 0.676. The van der Waals surface area contributed by atoms with Crippen LogP contribution in [-0.4, -0.2) is 19.6 Å². The molecule has 0 spiro atoms. The first-order chi connectivity index (χ1) is 5.27. The highest BCUT2D eigenvalue weighted by Gasteiger charge is 2.01. The van der Waals surface area contributed by atoms with E-state index in [9.17, 15) is 0 Å². The Morgan fingerprint density at radius 3 is 3.00 bits per heavy atom. The second-order valence-corrected chi connectivity index (χ2v) is 2.55. The maximum absolute atomic E-state index is 5.77. The van der Waals surface area contributed by atoms with E-state index in [0.717, 1.165) is 0 Å². The molecule has 2 rings (SSSR count). The molecule has 0 aliphatic carbocycles. The fourth-order valence-electron chi connectivity index (χ4n) is 0.892. The minimum absolute atomic E-state index is 0.475. The van der Waals surface area contributed by atoms with E-state index < -0.39 is 0 Å². The van der Waals surface area contributed by atoms with Crippen molar-refractivity contribution in [2.75, 3.05) is 0 Å². The van der Waals surface area contributed by atoms with Gasteiger partial charge in [-0.1, -0.05) is 11.6 Å². The fourth-order valence-corrected chi connectivity index (χ4v) is 1.07. The summed E-state index contributed by atoms with van der Waals surface area (Å²) in [6.45, 7) is 1.81. The molecule has 2 aromatic rings. The van der Waals surface area contributed by atoms with Gasteiger partial charge >= 0.3 is 0 Å². The zero-order valence-electron chi connectivity index (χ0n) is 5.82. The molecule has 0 saturated heterocycles. The van der Waals surface area contributed by atoms with Crippen LogP contribution >= 0.6 is 11.6 Å². The summed E-state index contributed by atoms with van der Waals surface area (Å²) < 4.78 is 1.55. The van der Waals surface area contributed by atoms with Gasteiger partial charge in [-0.2, -0.15) is 9.61 Å². The van der Waals surface area contributed by atoms with Crippen molar-refractivity contribution < 1.29 is 0 Å². The molecule has 0 aromatic carbocycles. The number of fused-ring (bicyclic) bond motifs is 1. The SMILES string of the molecule is Cc1nc2cncc(Cl)n2n1. The number of hydrogen-bond acceptors (Lipinski definition) is 3. The maximum Gasteiger partial charge on any atom is 0.175 e. The molecule has 2 aromatic heterocycles. The van der Waals surface area contributed by atoms with Crippen molar-refractivity contribution in [2.45, 2.75) is 6.92 Å². The third kappa shape index (κ3) is 0.952. The Labute approximate surface area is 67.8 Å². The van der Waals surface area contributed by atoms with Crippen molar-refractivity contribution in [3.05, 3.63) is 23.4 Å². The van der Waals surface area contributed by atoms with Crippen LogP contribution in [0.5, 0.6) is 0 Å². The molecule has 0 atom stereocenters. The molecule has 5 heteroatoms. The highest BCUT2D eigenvalue weighted by Crippen LogP contribution is 2.07. The minimum Gasteiger partial charge on any atom is -0.258 e. The Bertz CT molecular complexity index is 394. The van der Waals surface area contributed by atoms with Gasteiger partial charge in [0, 0.05) is 0 Å². The van der Waals surface area contributed by atoms with Gasteiger partial charge in [0.1, 0.15) is 5.82 Å². The van der Waals surface area contributed by atoms with Crippen LogP contribution in [0.15, 0.2) is 12.4 Å². The molecule has 0 aliphatic rings. The zero-order valence-corrected chi connectivity index (χ0v) is 6.58. The van der Waals surface area contributed by atoms with E-state index in [1.807, 2.05) is 6.92 Å². The summed E-state index contributed by atoms with van der Waals surface area (Å²) in [4.78, 5) is 7.95. The molecule has 0 aliphatic heterocycles. The average molecular weight is 169 g/mol. The van der Waals surface area contributed by atoms with Crippen molar-refractivity contribution in [3.8, 4) is 0 Å². The number of aryl methyl sites for hydroxylation is 1. The van der Waals surface area contributed by atoms with Crippen molar-refractivity contribution in [3.63, 3.8) is 0 Å². The molecule has 56 valence electrons. The first-order valence-electron chi connectivity index (χ1n) is 3.10. The summed E-state index contributed by atoms with van der Waals surface area (Å²) >= 11 is 5.77. The van der Waals surface area contributed by atoms with Crippen molar-refractivity contribution in [1.82, 2.24) is 19.6 Å². The van der Waals surface area contributed by atoms with Crippen LogP contribution in [0.2, 0.25) is 5.15 Å². The predicted octanol–water partition coefficient (Wildman–Crippen LogP) is 1.09. The lowest BCUT2D eigenvalue weighted by Crippen LogP contribution is -1.89. The van der Waals surface area contributed by atoms with Gasteiger partial charge in [-0.25, -0.2) is 4.98 Å². The van der Waals surface area contributed by atoms with Crippen LogP contribution in [0, 0.1) is 6.92 Å². The van der Waals surface area contributed by atoms with Crippen LogP contribution in [-0.2, 0) is 0 Å². The Hall–Kier alpha value is -1.16. The van der Waals surface area contributed by atoms with Gasteiger partial charge in [0.15, 0.2) is 10.8 Å². The van der Waals surface area contributed by atoms with Crippen molar-refractivity contribution in [2.24, 2.45) is 0 Å². The van der Waals surface area contributed by atoms with Gasteiger partial charge in [0.25, 0.3) is 0 Å². The zero-order chi connectivity index (χ0) is 7.84. The summed E-state index contributed by atoms with van der Waals surface area (Å²) in [5, 5.41) is 4.52. The van der Waals surface area contributed by atoms with Crippen LogP contribution in [0.4, 0.5) is 0 Å². The molecule has 0 bridgehead atoms. The molecule has 0 unspecified atom stereocenters. The van der Waals surface area contributed by atoms with Gasteiger partial charge in [-0.05, 0) is 6.92 Å². The maximum atomic E-state index is 5.77. The number of halogens is 1. The van der Waals surface area contributed by atoms with E-state index in [2.05, 4.69) is 15.1 Å². The third-order valence-electron chi connectivity index (χ3n) is 1.31. The van der Waals surface area contributed by atoms with E-state index >= 15 is 0 Å². The highest BCUT2D eigenvalue weighted by atomic mass is 35.5. The van der Waals surface area contributed by atoms with Crippen LogP contribution < -0.4 is 0 Å². The third-order valence-corrected chi connectivity index (χ3v) is 1.57. The van der Waals surface area contributed by atoms with Crippen LogP contribution in [0.25, 0.3) is 5.65 Å². The van der Waals surface area contributed by atoms with Crippen molar-refractivity contribution in [1.29, 1.82) is 0 Å². The number of aromatic nitrogens is 4.